The van der Waals surface area contributed by atoms with E-state index < -0.39 is 11.2 Å². The van der Waals surface area contributed by atoms with Crippen LogP contribution in [0.1, 0.15) is 22.3 Å². The Hall–Kier alpha value is -3.81. The lowest BCUT2D eigenvalue weighted by Gasteiger charge is -2.13. The van der Waals surface area contributed by atoms with E-state index in [0.29, 0.717) is 45.8 Å². The SMILES string of the molecule is Cc1ccc(CNc2nc3c(c(=O)n(Cc4ccccc4Cl)c(=O)n3C)n2Cc2cccc(Cl)c2)cc1. The minimum Gasteiger partial charge on any atom is -0.351 e. The molecule has 9 heteroatoms. The highest BCUT2D eigenvalue weighted by atomic mass is 35.5. The zero-order chi connectivity index (χ0) is 26.1. The van der Waals surface area contributed by atoms with Gasteiger partial charge in [0.25, 0.3) is 5.56 Å². The fourth-order valence-corrected chi connectivity index (χ4v) is 4.71. The first kappa shape index (κ1) is 24.9. The number of rotatable bonds is 7. The van der Waals surface area contributed by atoms with Crippen LogP contribution in [0, 0.1) is 6.92 Å². The van der Waals surface area contributed by atoms with Crippen LogP contribution in [0.2, 0.25) is 10.0 Å². The Morgan fingerprint density at radius 2 is 1.62 bits per heavy atom. The second kappa shape index (κ2) is 10.3. The fourth-order valence-electron chi connectivity index (χ4n) is 4.30. The second-order valence-corrected chi connectivity index (χ2v) is 9.83. The molecule has 5 rings (SSSR count). The monoisotopic (exact) mass is 533 g/mol. The molecule has 0 saturated heterocycles. The van der Waals surface area contributed by atoms with E-state index in [4.69, 9.17) is 28.2 Å². The highest BCUT2D eigenvalue weighted by molar-refractivity contribution is 6.31. The highest BCUT2D eigenvalue weighted by Crippen LogP contribution is 2.21. The van der Waals surface area contributed by atoms with Crippen LogP contribution >= 0.6 is 23.2 Å². The van der Waals surface area contributed by atoms with Crippen molar-refractivity contribution in [1.29, 1.82) is 0 Å². The second-order valence-electron chi connectivity index (χ2n) is 8.99. The molecular weight excluding hydrogens is 509 g/mol. The Morgan fingerprint density at radius 3 is 2.35 bits per heavy atom. The molecule has 188 valence electrons. The van der Waals surface area contributed by atoms with Crippen molar-refractivity contribution in [1.82, 2.24) is 18.7 Å². The predicted octanol–water partition coefficient (Wildman–Crippen LogP) is 5.22. The minimum atomic E-state index is -0.463. The van der Waals surface area contributed by atoms with Crippen LogP contribution in [0.5, 0.6) is 0 Å². The topological polar surface area (TPSA) is 73.8 Å². The number of aromatic nitrogens is 4. The van der Waals surface area contributed by atoms with Crippen LogP contribution in [-0.4, -0.2) is 18.7 Å². The van der Waals surface area contributed by atoms with Gasteiger partial charge in [-0.15, -0.1) is 0 Å². The fraction of sp³-hybridized carbons (Fsp3) is 0.179. The van der Waals surface area contributed by atoms with Crippen molar-refractivity contribution >= 4 is 40.3 Å². The van der Waals surface area contributed by atoms with Gasteiger partial charge in [-0.05, 0) is 41.8 Å². The van der Waals surface area contributed by atoms with Crippen LogP contribution in [0.3, 0.4) is 0 Å². The first-order valence-corrected chi connectivity index (χ1v) is 12.5. The Bertz CT molecular complexity index is 1720. The summed E-state index contributed by atoms with van der Waals surface area (Å²) in [5, 5.41) is 4.45. The molecule has 0 aliphatic rings. The molecule has 0 aliphatic heterocycles. The zero-order valence-electron chi connectivity index (χ0n) is 20.4. The molecule has 0 saturated carbocycles. The molecule has 3 aromatic carbocycles. The number of nitrogens with one attached hydrogen (secondary N) is 1. The maximum atomic E-state index is 13.8. The lowest BCUT2D eigenvalue weighted by molar-refractivity contribution is 0.653. The average molecular weight is 534 g/mol. The number of benzene rings is 3. The largest absolute Gasteiger partial charge is 0.351 e. The quantitative estimate of drug-likeness (QED) is 0.311. The lowest BCUT2D eigenvalue weighted by Crippen LogP contribution is -2.40. The molecule has 1 N–H and O–H groups in total. The summed E-state index contributed by atoms with van der Waals surface area (Å²) in [6, 6.07) is 22.8. The third-order valence-electron chi connectivity index (χ3n) is 6.32. The van der Waals surface area contributed by atoms with Crippen LogP contribution in [0.25, 0.3) is 11.2 Å². The molecule has 0 spiro atoms. The third-order valence-corrected chi connectivity index (χ3v) is 6.92. The molecule has 0 radical (unpaired) electrons. The van der Waals surface area contributed by atoms with Gasteiger partial charge in [0.1, 0.15) is 0 Å². The molecule has 0 unspecified atom stereocenters. The normalized spacial score (nSPS) is 11.2. The number of imidazole rings is 1. The van der Waals surface area contributed by atoms with Gasteiger partial charge in [0.05, 0.1) is 13.1 Å². The molecular formula is C28H25Cl2N5O2. The van der Waals surface area contributed by atoms with Gasteiger partial charge < -0.3 is 5.32 Å². The van der Waals surface area contributed by atoms with Gasteiger partial charge in [0.15, 0.2) is 11.2 Å². The molecule has 0 amide bonds. The number of fused-ring (bicyclic) bond motifs is 1. The Labute approximate surface area is 223 Å². The van der Waals surface area contributed by atoms with E-state index in [-0.39, 0.29) is 6.54 Å². The predicted molar refractivity (Wildman–Crippen MR) is 149 cm³/mol. The smallest absolute Gasteiger partial charge is 0.332 e. The van der Waals surface area contributed by atoms with Gasteiger partial charge >= 0.3 is 5.69 Å². The maximum Gasteiger partial charge on any atom is 0.332 e. The number of hydrogen-bond acceptors (Lipinski definition) is 4. The van der Waals surface area contributed by atoms with Crippen LogP contribution in [0.15, 0.2) is 82.4 Å². The van der Waals surface area contributed by atoms with Crippen LogP contribution in [0.4, 0.5) is 5.95 Å². The summed E-state index contributed by atoms with van der Waals surface area (Å²) < 4.78 is 4.41. The molecule has 37 heavy (non-hydrogen) atoms. The van der Waals surface area contributed by atoms with Crippen LogP contribution < -0.4 is 16.6 Å². The highest BCUT2D eigenvalue weighted by Gasteiger charge is 2.21. The number of hydrogen-bond donors (Lipinski definition) is 1. The van der Waals surface area contributed by atoms with E-state index in [9.17, 15) is 9.59 Å². The van der Waals surface area contributed by atoms with Gasteiger partial charge in [0.2, 0.25) is 5.95 Å². The number of nitrogens with zero attached hydrogens (tertiary/aromatic N) is 4. The summed E-state index contributed by atoms with van der Waals surface area (Å²) in [5.41, 5.74) is 3.55. The minimum absolute atomic E-state index is 0.0512. The van der Waals surface area contributed by atoms with Gasteiger partial charge in [-0.1, -0.05) is 83.4 Å². The lowest BCUT2D eigenvalue weighted by atomic mass is 10.1. The molecule has 0 bridgehead atoms. The first-order valence-electron chi connectivity index (χ1n) is 11.8. The van der Waals surface area contributed by atoms with E-state index in [1.807, 2.05) is 61.5 Å². The van der Waals surface area contributed by atoms with Gasteiger partial charge in [-0.2, -0.15) is 4.98 Å². The summed E-state index contributed by atoms with van der Waals surface area (Å²) in [6.45, 7) is 2.93. The average Bonchev–Trinajstić information content (AvgIpc) is 3.24. The third kappa shape index (κ3) is 5.05. The van der Waals surface area contributed by atoms with Crippen molar-refractivity contribution in [3.8, 4) is 0 Å². The summed E-state index contributed by atoms with van der Waals surface area (Å²) >= 11 is 12.6. The van der Waals surface area contributed by atoms with Crippen molar-refractivity contribution in [3.05, 3.63) is 126 Å². The molecule has 7 nitrogen and oxygen atoms in total. The van der Waals surface area contributed by atoms with Gasteiger partial charge in [-0.3, -0.25) is 18.5 Å². The summed E-state index contributed by atoms with van der Waals surface area (Å²) in [7, 11) is 1.62. The van der Waals surface area contributed by atoms with Crippen LogP contribution in [-0.2, 0) is 26.7 Å². The van der Waals surface area contributed by atoms with Gasteiger partial charge in [-0.25, -0.2) is 4.79 Å². The van der Waals surface area contributed by atoms with Crippen molar-refractivity contribution in [2.75, 3.05) is 5.32 Å². The van der Waals surface area contributed by atoms with Crippen molar-refractivity contribution in [2.45, 2.75) is 26.6 Å². The number of halogens is 2. The van der Waals surface area contributed by atoms with E-state index in [1.165, 1.54) is 14.7 Å². The standard InChI is InChI=1S/C28H25Cl2N5O2/c1-18-10-12-19(13-11-18)15-31-27-32-25-24(34(27)16-20-6-5-8-22(29)14-20)26(36)35(28(37)33(25)2)17-21-7-3-4-9-23(21)30/h3-14H,15-17H2,1-2H3,(H,31,32). The molecule has 0 fully saturated rings. The van der Waals surface area contributed by atoms with Crippen molar-refractivity contribution < 1.29 is 0 Å². The number of anilines is 1. The summed E-state index contributed by atoms with van der Waals surface area (Å²) in [6.07, 6.45) is 0. The molecule has 5 aromatic rings. The van der Waals surface area contributed by atoms with Crippen molar-refractivity contribution in [2.24, 2.45) is 7.05 Å². The molecule has 2 aromatic heterocycles. The number of aryl methyl sites for hydroxylation is 2. The zero-order valence-corrected chi connectivity index (χ0v) is 21.9. The van der Waals surface area contributed by atoms with Gasteiger partial charge in [0, 0.05) is 23.6 Å². The van der Waals surface area contributed by atoms with E-state index in [0.717, 1.165) is 11.1 Å². The Morgan fingerprint density at radius 1 is 0.865 bits per heavy atom. The Balaban J connectivity index is 1.66. The maximum absolute atomic E-state index is 13.8. The van der Waals surface area contributed by atoms with E-state index in [1.54, 1.807) is 29.8 Å². The van der Waals surface area contributed by atoms with Crippen molar-refractivity contribution in [3.63, 3.8) is 0 Å². The summed E-state index contributed by atoms with van der Waals surface area (Å²) in [5.74, 6) is 0.484. The molecule has 0 aliphatic carbocycles. The Kier molecular flexibility index (Phi) is 6.91. The molecule has 0 atom stereocenters. The summed E-state index contributed by atoms with van der Waals surface area (Å²) in [4.78, 5) is 31.8. The first-order chi connectivity index (χ1) is 17.8. The van der Waals surface area contributed by atoms with E-state index in [2.05, 4.69) is 5.32 Å². The van der Waals surface area contributed by atoms with E-state index >= 15 is 0 Å². The molecule has 2 heterocycles.